The van der Waals surface area contributed by atoms with E-state index in [2.05, 4.69) is 26.5 Å². The monoisotopic (exact) mass is 500 g/mol. The van der Waals surface area contributed by atoms with Gasteiger partial charge in [0.2, 0.25) is 0 Å². The van der Waals surface area contributed by atoms with E-state index in [4.69, 9.17) is 18.9 Å². The number of fused-ring (bicyclic) bond motifs is 1. The molecular weight excluding hydrogens is 476 g/mol. The van der Waals surface area contributed by atoms with Gasteiger partial charge in [-0.3, -0.25) is 4.79 Å². The molecule has 168 valence electrons. The minimum Gasteiger partial charge on any atom is -0.493 e. The molecule has 0 aromatic heterocycles. The van der Waals surface area contributed by atoms with E-state index in [1.807, 2.05) is 48.5 Å². The lowest BCUT2D eigenvalue weighted by atomic mass is 10.0. The van der Waals surface area contributed by atoms with Crippen molar-refractivity contribution in [1.29, 1.82) is 0 Å². The third kappa shape index (κ3) is 5.85. The number of carbonyl (C=O) groups excluding carboxylic acids is 1. The van der Waals surface area contributed by atoms with E-state index in [9.17, 15) is 4.79 Å². The fourth-order valence-electron chi connectivity index (χ4n) is 3.18. The summed E-state index contributed by atoms with van der Waals surface area (Å²) in [4.78, 5) is 12.9. The van der Waals surface area contributed by atoms with Gasteiger partial charge in [0.05, 0.1) is 38.1 Å². The van der Waals surface area contributed by atoms with Crippen LogP contribution >= 0.6 is 15.9 Å². The van der Waals surface area contributed by atoms with Gasteiger partial charge in [0.1, 0.15) is 0 Å². The Morgan fingerprint density at radius 3 is 2.53 bits per heavy atom. The summed E-state index contributed by atoms with van der Waals surface area (Å²) in [6.07, 6.45) is 0.695. The highest BCUT2D eigenvalue weighted by molar-refractivity contribution is 9.10. The molecule has 0 heterocycles. The molecule has 1 amide bonds. The molecule has 0 spiro atoms. The van der Waals surface area contributed by atoms with Crippen molar-refractivity contribution in [3.63, 3.8) is 0 Å². The first-order valence-corrected chi connectivity index (χ1v) is 10.7. The van der Waals surface area contributed by atoms with E-state index in [1.54, 1.807) is 27.4 Å². The van der Waals surface area contributed by atoms with Gasteiger partial charge in [0, 0.05) is 7.11 Å². The molecule has 0 fully saturated rings. The predicted molar refractivity (Wildman–Crippen MR) is 127 cm³/mol. The number of benzene rings is 3. The molecular formula is C24H25BrN2O5. The third-order valence-corrected chi connectivity index (χ3v) is 5.32. The van der Waals surface area contributed by atoms with Crippen LogP contribution in [0.1, 0.15) is 17.2 Å². The summed E-state index contributed by atoms with van der Waals surface area (Å²) in [5, 5.41) is 6.21. The minimum absolute atomic E-state index is 0.272. The molecule has 0 aliphatic rings. The van der Waals surface area contributed by atoms with Crippen LogP contribution in [0.4, 0.5) is 0 Å². The van der Waals surface area contributed by atoms with Gasteiger partial charge >= 0.3 is 0 Å². The molecule has 3 rings (SSSR count). The van der Waals surface area contributed by atoms with Gasteiger partial charge in [-0.2, -0.15) is 5.10 Å². The van der Waals surface area contributed by atoms with Crippen molar-refractivity contribution in [3.05, 3.63) is 70.2 Å². The smallest absolute Gasteiger partial charge is 0.273 e. The van der Waals surface area contributed by atoms with Gasteiger partial charge in [-0.1, -0.05) is 36.4 Å². The van der Waals surface area contributed by atoms with E-state index in [0.29, 0.717) is 22.6 Å². The summed E-state index contributed by atoms with van der Waals surface area (Å²) in [5.41, 5.74) is 4.02. The molecule has 0 bridgehead atoms. The van der Waals surface area contributed by atoms with Crippen molar-refractivity contribution in [3.8, 4) is 11.5 Å². The van der Waals surface area contributed by atoms with Crippen LogP contribution in [0, 0.1) is 0 Å². The van der Waals surface area contributed by atoms with Crippen molar-refractivity contribution >= 4 is 38.8 Å². The summed E-state index contributed by atoms with van der Waals surface area (Å²) in [7, 11) is 4.70. The standard InChI is InChI=1S/C24H25BrN2O5/c1-29-10-11-32-22(19-9-8-17-6-4-5-7-18(17)14-19)24(28)27-26-15-16-12-20(25)23(31-3)21(13-16)30-2/h4-9,12-15,22H,10-11H2,1-3H3,(H,27,28)/b26-15+. The van der Waals surface area contributed by atoms with Crippen molar-refractivity contribution in [2.45, 2.75) is 6.10 Å². The second-order valence-electron chi connectivity index (χ2n) is 6.82. The molecule has 3 aromatic carbocycles. The van der Waals surface area contributed by atoms with E-state index >= 15 is 0 Å². The first kappa shape index (κ1) is 23.7. The SMILES string of the molecule is COCCOC(C(=O)N/N=C/c1cc(Br)c(OC)c(OC)c1)c1ccc2ccccc2c1. The molecule has 0 aliphatic carbocycles. The number of rotatable bonds is 10. The second kappa shape index (κ2) is 11.6. The van der Waals surface area contributed by atoms with Gasteiger partial charge in [-0.15, -0.1) is 0 Å². The molecule has 32 heavy (non-hydrogen) atoms. The van der Waals surface area contributed by atoms with Crippen LogP contribution < -0.4 is 14.9 Å². The number of hydrogen-bond donors (Lipinski definition) is 1. The quantitative estimate of drug-likeness (QED) is 0.252. The van der Waals surface area contributed by atoms with E-state index < -0.39 is 6.10 Å². The summed E-state index contributed by atoms with van der Waals surface area (Å²) < 4.78 is 22.2. The number of ether oxygens (including phenoxy) is 4. The zero-order valence-corrected chi connectivity index (χ0v) is 19.7. The summed E-state index contributed by atoms with van der Waals surface area (Å²) in [6.45, 7) is 0.647. The van der Waals surface area contributed by atoms with Gasteiger partial charge in [0.25, 0.3) is 5.91 Å². The van der Waals surface area contributed by atoms with Gasteiger partial charge in [-0.25, -0.2) is 5.43 Å². The van der Waals surface area contributed by atoms with Crippen molar-refractivity contribution in [1.82, 2.24) is 5.43 Å². The Morgan fingerprint density at radius 2 is 1.81 bits per heavy atom. The highest BCUT2D eigenvalue weighted by atomic mass is 79.9. The fraction of sp³-hybridized carbons (Fsp3) is 0.250. The molecule has 1 unspecified atom stereocenters. The van der Waals surface area contributed by atoms with E-state index in [1.165, 1.54) is 6.21 Å². The number of amides is 1. The number of halogens is 1. The highest BCUT2D eigenvalue weighted by Crippen LogP contribution is 2.35. The van der Waals surface area contributed by atoms with Crippen molar-refractivity contribution < 1.29 is 23.7 Å². The van der Waals surface area contributed by atoms with Crippen molar-refractivity contribution in [2.75, 3.05) is 34.5 Å². The van der Waals surface area contributed by atoms with Crippen LogP contribution in [-0.4, -0.2) is 46.7 Å². The van der Waals surface area contributed by atoms with Crippen LogP contribution in [0.5, 0.6) is 11.5 Å². The van der Waals surface area contributed by atoms with Crippen LogP contribution in [-0.2, 0) is 14.3 Å². The van der Waals surface area contributed by atoms with Crippen LogP contribution in [0.3, 0.4) is 0 Å². The van der Waals surface area contributed by atoms with Crippen molar-refractivity contribution in [2.24, 2.45) is 5.10 Å². The molecule has 0 saturated carbocycles. The molecule has 0 aliphatic heterocycles. The molecule has 0 saturated heterocycles. The molecule has 7 nitrogen and oxygen atoms in total. The van der Waals surface area contributed by atoms with Crippen LogP contribution in [0.15, 0.2) is 64.2 Å². The maximum atomic E-state index is 12.9. The lowest BCUT2D eigenvalue weighted by Crippen LogP contribution is -2.28. The maximum absolute atomic E-state index is 12.9. The Balaban J connectivity index is 1.78. The second-order valence-corrected chi connectivity index (χ2v) is 7.68. The largest absolute Gasteiger partial charge is 0.493 e. The number of nitrogens with zero attached hydrogens (tertiary/aromatic N) is 1. The maximum Gasteiger partial charge on any atom is 0.273 e. The molecule has 0 radical (unpaired) electrons. The highest BCUT2D eigenvalue weighted by Gasteiger charge is 2.21. The molecule has 8 heteroatoms. The summed E-state index contributed by atoms with van der Waals surface area (Å²) in [6, 6.07) is 17.3. The fourth-order valence-corrected chi connectivity index (χ4v) is 3.81. The average molecular weight is 501 g/mol. The zero-order chi connectivity index (χ0) is 22.9. The van der Waals surface area contributed by atoms with Gasteiger partial charge in [0.15, 0.2) is 17.6 Å². The Labute approximate surface area is 195 Å². The zero-order valence-electron chi connectivity index (χ0n) is 18.1. The number of hydrogen-bond acceptors (Lipinski definition) is 6. The van der Waals surface area contributed by atoms with Crippen LogP contribution in [0.25, 0.3) is 10.8 Å². The first-order valence-electron chi connectivity index (χ1n) is 9.91. The number of carbonyl (C=O) groups is 1. The van der Waals surface area contributed by atoms with E-state index in [0.717, 1.165) is 21.9 Å². The Morgan fingerprint density at radius 1 is 1.03 bits per heavy atom. The lowest BCUT2D eigenvalue weighted by molar-refractivity contribution is -0.134. The molecule has 3 aromatic rings. The number of hydrazone groups is 1. The van der Waals surface area contributed by atoms with Crippen LogP contribution in [0.2, 0.25) is 0 Å². The normalized spacial score (nSPS) is 12.1. The number of nitrogens with one attached hydrogen (secondary N) is 1. The van der Waals surface area contributed by atoms with E-state index in [-0.39, 0.29) is 12.5 Å². The van der Waals surface area contributed by atoms with Gasteiger partial charge < -0.3 is 18.9 Å². The Hall–Kier alpha value is -2.94. The van der Waals surface area contributed by atoms with Gasteiger partial charge in [-0.05, 0) is 56.0 Å². The predicted octanol–water partition coefficient (Wildman–Crippen LogP) is 4.47. The lowest BCUT2D eigenvalue weighted by Gasteiger charge is -2.17. The minimum atomic E-state index is -0.830. The Kier molecular flexibility index (Phi) is 8.61. The number of methoxy groups -OCH3 is 3. The summed E-state index contributed by atoms with van der Waals surface area (Å²) >= 11 is 3.44. The topological polar surface area (TPSA) is 78.4 Å². The molecule has 1 N–H and O–H groups in total. The third-order valence-electron chi connectivity index (χ3n) is 4.73. The average Bonchev–Trinajstić information content (AvgIpc) is 2.81. The first-order chi connectivity index (χ1) is 15.6. The molecule has 1 atom stereocenters. The Bertz CT molecular complexity index is 1100. The summed E-state index contributed by atoms with van der Waals surface area (Å²) in [5.74, 6) is 0.746.